The molecule has 118 valence electrons. The number of alkyl halides is 1. The molecular weight excluding hydrogens is 391 g/mol. The first kappa shape index (κ1) is 15.6. The van der Waals surface area contributed by atoms with Crippen molar-refractivity contribution in [2.45, 2.75) is 48.6 Å². The molecule has 0 spiro atoms. The van der Waals surface area contributed by atoms with Crippen molar-refractivity contribution in [3.8, 4) is 5.75 Å². The van der Waals surface area contributed by atoms with Gasteiger partial charge in [-0.3, -0.25) is 0 Å². The Morgan fingerprint density at radius 1 is 1.18 bits per heavy atom. The van der Waals surface area contributed by atoms with Gasteiger partial charge in [-0.2, -0.15) is 4.98 Å². The lowest BCUT2D eigenvalue weighted by atomic mass is 9.85. The Morgan fingerprint density at radius 3 is 2.64 bits per heavy atom. The predicted molar refractivity (Wildman–Crippen MR) is 98.3 cm³/mol. The molecule has 1 aromatic heterocycles. The summed E-state index contributed by atoms with van der Waals surface area (Å²) in [6.07, 6.45) is 6.36. The molecule has 1 fully saturated rings. The van der Waals surface area contributed by atoms with Crippen molar-refractivity contribution in [1.82, 2.24) is 9.97 Å². The van der Waals surface area contributed by atoms with Crippen LogP contribution in [0.4, 0.5) is 11.8 Å². The third-order valence-corrected chi connectivity index (χ3v) is 6.40. The van der Waals surface area contributed by atoms with E-state index >= 15 is 0 Å². The van der Waals surface area contributed by atoms with Crippen LogP contribution in [0.1, 0.15) is 39.0 Å². The van der Waals surface area contributed by atoms with Crippen LogP contribution in [0.2, 0.25) is 0 Å². The fourth-order valence-corrected chi connectivity index (χ4v) is 4.03. The molecule has 0 amide bonds. The molecule has 4 N–H and O–H groups in total. The van der Waals surface area contributed by atoms with Gasteiger partial charge in [-0.15, -0.1) is 0 Å². The summed E-state index contributed by atoms with van der Waals surface area (Å²) >= 11 is 2.57. The lowest BCUT2D eigenvalue weighted by molar-refractivity contribution is 0.158. The van der Waals surface area contributed by atoms with Crippen LogP contribution in [0.25, 0.3) is 10.9 Å². The molecule has 0 saturated heterocycles. The topological polar surface area (TPSA) is 87.0 Å². The molecule has 1 aliphatic rings. The number of nitrogen functional groups attached to an aromatic ring is 2. The summed E-state index contributed by atoms with van der Waals surface area (Å²) in [6, 6.07) is 5.72. The van der Waals surface area contributed by atoms with E-state index in [-0.39, 0.29) is 15.5 Å². The van der Waals surface area contributed by atoms with E-state index in [4.69, 9.17) is 16.2 Å². The van der Waals surface area contributed by atoms with Crippen LogP contribution in [-0.2, 0) is 0 Å². The van der Waals surface area contributed by atoms with Crippen molar-refractivity contribution in [3.63, 3.8) is 0 Å². The molecular formula is C16H21IN4O. The predicted octanol–water partition coefficient (Wildman–Crippen LogP) is 3.70. The summed E-state index contributed by atoms with van der Waals surface area (Å²) in [4.78, 5) is 8.30. The zero-order valence-corrected chi connectivity index (χ0v) is 14.8. The van der Waals surface area contributed by atoms with Gasteiger partial charge in [0.05, 0.1) is 14.3 Å². The minimum absolute atomic E-state index is 0.107. The Morgan fingerprint density at radius 2 is 1.91 bits per heavy atom. The fraction of sp³-hybridized carbons (Fsp3) is 0.500. The van der Waals surface area contributed by atoms with E-state index in [1.165, 1.54) is 32.1 Å². The van der Waals surface area contributed by atoms with Gasteiger partial charge in [0.1, 0.15) is 17.7 Å². The van der Waals surface area contributed by atoms with Crippen molar-refractivity contribution in [2.75, 3.05) is 11.5 Å². The highest BCUT2D eigenvalue weighted by Gasteiger charge is 2.36. The van der Waals surface area contributed by atoms with E-state index in [1.54, 1.807) is 0 Å². The Hall–Kier alpha value is -1.31. The molecule has 1 atom stereocenters. The lowest BCUT2D eigenvalue weighted by Crippen LogP contribution is -2.39. The lowest BCUT2D eigenvalue weighted by Gasteiger charge is -2.37. The molecule has 22 heavy (non-hydrogen) atoms. The summed E-state index contributed by atoms with van der Waals surface area (Å²) < 4.78 is 6.46. The van der Waals surface area contributed by atoms with E-state index in [0.29, 0.717) is 5.82 Å². The summed E-state index contributed by atoms with van der Waals surface area (Å²) in [6.45, 7) is 2.14. The number of anilines is 2. The molecule has 6 heteroatoms. The number of fused-ring (bicyclic) bond motifs is 1. The summed E-state index contributed by atoms with van der Waals surface area (Å²) in [5.41, 5.74) is 12.4. The van der Waals surface area contributed by atoms with Crippen LogP contribution in [-0.4, -0.2) is 19.5 Å². The maximum absolute atomic E-state index is 6.28. The van der Waals surface area contributed by atoms with Gasteiger partial charge < -0.3 is 16.2 Å². The molecule has 5 nitrogen and oxygen atoms in total. The monoisotopic (exact) mass is 412 g/mol. The molecule has 1 aliphatic carbocycles. The quantitative estimate of drug-likeness (QED) is 0.593. The Labute approximate surface area is 144 Å². The number of nitrogens with zero attached hydrogens (tertiary/aromatic N) is 2. The Balaban J connectivity index is 1.93. The highest BCUT2D eigenvalue weighted by molar-refractivity contribution is 14.1. The van der Waals surface area contributed by atoms with Crippen molar-refractivity contribution in [1.29, 1.82) is 0 Å². The van der Waals surface area contributed by atoms with E-state index < -0.39 is 0 Å². The van der Waals surface area contributed by atoms with Crippen LogP contribution >= 0.6 is 22.6 Å². The number of halogens is 1. The van der Waals surface area contributed by atoms with Crippen LogP contribution in [0.3, 0.4) is 0 Å². The molecule has 1 saturated carbocycles. The zero-order chi connectivity index (χ0) is 15.7. The molecule has 1 heterocycles. The second kappa shape index (κ2) is 6.06. The molecule has 0 aliphatic heterocycles. The average Bonchev–Trinajstić information content (AvgIpc) is 2.47. The van der Waals surface area contributed by atoms with Crippen molar-refractivity contribution < 1.29 is 4.74 Å². The normalized spacial score (nSPS) is 19.0. The Bertz CT molecular complexity index is 685. The van der Waals surface area contributed by atoms with Crippen LogP contribution in [0, 0.1) is 0 Å². The van der Waals surface area contributed by atoms with Gasteiger partial charge >= 0.3 is 0 Å². The van der Waals surface area contributed by atoms with Gasteiger partial charge in [-0.1, -0.05) is 47.9 Å². The maximum atomic E-state index is 6.28. The zero-order valence-electron chi connectivity index (χ0n) is 12.7. The first-order chi connectivity index (χ1) is 10.5. The first-order valence-electron chi connectivity index (χ1n) is 7.67. The van der Waals surface area contributed by atoms with E-state index in [1.807, 2.05) is 18.2 Å². The third-order valence-electron chi connectivity index (χ3n) is 4.45. The van der Waals surface area contributed by atoms with Crippen molar-refractivity contribution >= 4 is 45.3 Å². The van der Waals surface area contributed by atoms with Gasteiger partial charge in [-0.05, 0) is 31.9 Å². The maximum Gasteiger partial charge on any atom is 0.222 e. The van der Waals surface area contributed by atoms with Gasteiger partial charge in [0.2, 0.25) is 5.95 Å². The smallest absolute Gasteiger partial charge is 0.222 e. The minimum Gasteiger partial charge on any atom is -0.488 e. The van der Waals surface area contributed by atoms with Gasteiger partial charge in [0, 0.05) is 0 Å². The molecule has 3 rings (SSSR count). The number of hydrogen-bond donors (Lipinski definition) is 2. The number of benzene rings is 1. The number of rotatable bonds is 3. The second-order valence-corrected chi connectivity index (χ2v) is 8.12. The number of nitrogens with two attached hydrogens (primary N) is 2. The molecule has 0 radical (unpaired) electrons. The fourth-order valence-electron chi connectivity index (χ4n) is 3.14. The number of ether oxygens (including phenoxy) is 1. The Kier molecular flexibility index (Phi) is 4.29. The highest BCUT2D eigenvalue weighted by atomic mass is 127. The SMILES string of the molecule is CC(Oc1cccc2nc(N)nc(N)c12)C1(I)CCCCC1. The number of hydrogen-bond acceptors (Lipinski definition) is 5. The molecule has 1 aromatic carbocycles. The molecule has 2 aromatic rings. The van der Waals surface area contributed by atoms with E-state index in [0.717, 1.165) is 16.7 Å². The van der Waals surface area contributed by atoms with Gasteiger partial charge in [0.25, 0.3) is 0 Å². The number of aromatic nitrogens is 2. The van der Waals surface area contributed by atoms with Crippen molar-refractivity contribution in [2.24, 2.45) is 0 Å². The average molecular weight is 412 g/mol. The third kappa shape index (κ3) is 2.93. The summed E-state index contributed by atoms with van der Waals surface area (Å²) in [5, 5.41) is 0.749. The van der Waals surface area contributed by atoms with E-state index in [2.05, 4.69) is 39.5 Å². The first-order valence-corrected chi connectivity index (χ1v) is 8.75. The van der Waals surface area contributed by atoms with E-state index in [9.17, 15) is 0 Å². The molecule has 0 bridgehead atoms. The molecule has 1 unspecified atom stereocenters. The standard InChI is InChI=1S/C16H21IN4O/c1-10(16(17)8-3-2-4-9-16)22-12-7-5-6-11-13(12)14(18)21-15(19)20-11/h5-7,10H,2-4,8-9H2,1H3,(H4,18,19,20,21). The van der Waals surface area contributed by atoms with Gasteiger partial charge in [-0.25, -0.2) is 4.98 Å². The second-order valence-electron chi connectivity index (χ2n) is 5.97. The van der Waals surface area contributed by atoms with Crippen LogP contribution in [0.5, 0.6) is 5.75 Å². The summed E-state index contributed by atoms with van der Waals surface area (Å²) in [5.74, 6) is 1.30. The van der Waals surface area contributed by atoms with Crippen molar-refractivity contribution in [3.05, 3.63) is 18.2 Å². The van der Waals surface area contributed by atoms with Gasteiger partial charge in [0.15, 0.2) is 0 Å². The summed E-state index contributed by atoms with van der Waals surface area (Å²) in [7, 11) is 0. The van der Waals surface area contributed by atoms with Crippen LogP contribution < -0.4 is 16.2 Å². The largest absolute Gasteiger partial charge is 0.488 e. The van der Waals surface area contributed by atoms with Crippen LogP contribution in [0.15, 0.2) is 18.2 Å². The minimum atomic E-state index is 0.107. The highest BCUT2D eigenvalue weighted by Crippen LogP contribution is 2.41.